The number of carbonyl (C=O) groups is 1. The van der Waals surface area contributed by atoms with E-state index < -0.39 is 21.8 Å². The number of benzene rings is 2. The smallest absolute Gasteiger partial charge is 0.337 e. The van der Waals surface area contributed by atoms with E-state index in [1.54, 1.807) is 7.05 Å². The maximum Gasteiger partial charge on any atom is 0.416 e. The van der Waals surface area contributed by atoms with Crippen molar-refractivity contribution < 1.29 is 26.4 Å². The van der Waals surface area contributed by atoms with Crippen LogP contribution in [0.1, 0.15) is 47.7 Å². The Labute approximate surface area is 180 Å². The van der Waals surface area contributed by atoms with Gasteiger partial charge in [0.05, 0.1) is 10.5 Å². The number of hydrogen-bond donors (Lipinski definition) is 0. The highest BCUT2D eigenvalue weighted by Gasteiger charge is 2.31. The first-order valence-corrected chi connectivity index (χ1v) is 11.5. The van der Waals surface area contributed by atoms with E-state index in [2.05, 4.69) is 0 Å². The van der Waals surface area contributed by atoms with E-state index in [0.29, 0.717) is 17.7 Å². The summed E-state index contributed by atoms with van der Waals surface area (Å²) in [7, 11) is -2.08. The molecule has 1 fully saturated rings. The quantitative estimate of drug-likeness (QED) is 0.667. The first-order valence-electron chi connectivity index (χ1n) is 10.0. The Kier molecular flexibility index (Phi) is 6.76. The predicted octanol–water partition coefficient (Wildman–Crippen LogP) is 4.54. The largest absolute Gasteiger partial charge is 0.416 e. The molecule has 0 aliphatic carbocycles. The number of alkyl halides is 3. The van der Waals surface area contributed by atoms with Crippen molar-refractivity contribution in [1.29, 1.82) is 0 Å². The monoisotopic (exact) mass is 454 g/mol. The van der Waals surface area contributed by atoms with Crippen LogP contribution in [-0.2, 0) is 22.7 Å². The molecule has 0 N–H and O–H groups in total. The van der Waals surface area contributed by atoms with Crippen molar-refractivity contribution in [2.24, 2.45) is 0 Å². The summed E-state index contributed by atoms with van der Waals surface area (Å²) in [6, 6.07) is 10.4. The lowest BCUT2D eigenvalue weighted by molar-refractivity contribution is -0.137. The minimum Gasteiger partial charge on any atom is -0.337 e. The summed E-state index contributed by atoms with van der Waals surface area (Å²) in [5.74, 6) is -0.352. The van der Waals surface area contributed by atoms with Crippen molar-refractivity contribution in [2.45, 2.75) is 49.8 Å². The number of nitrogens with zero attached hydrogens (tertiary/aromatic N) is 2. The SMILES string of the molecule is CC1CCCCN1S(=O)(=O)c1ccc(C(=O)N(C)Cc2ccc(C(F)(F)F)cc2)cc1. The molecule has 2 aromatic rings. The average Bonchev–Trinajstić information content (AvgIpc) is 2.73. The van der Waals surface area contributed by atoms with E-state index in [9.17, 15) is 26.4 Å². The van der Waals surface area contributed by atoms with Crippen LogP contribution in [0.5, 0.6) is 0 Å². The van der Waals surface area contributed by atoms with Gasteiger partial charge in [-0.2, -0.15) is 17.5 Å². The highest BCUT2D eigenvalue weighted by Crippen LogP contribution is 2.29. The third-order valence-electron chi connectivity index (χ3n) is 5.50. The van der Waals surface area contributed by atoms with Gasteiger partial charge in [0.1, 0.15) is 0 Å². The van der Waals surface area contributed by atoms with Gasteiger partial charge in [0.2, 0.25) is 10.0 Å². The summed E-state index contributed by atoms with van der Waals surface area (Å²) in [4.78, 5) is 14.2. The fourth-order valence-corrected chi connectivity index (χ4v) is 5.40. The van der Waals surface area contributed by atoms with Crippen LogP contribution in [-0.4, -0.2) is 43.2 Å². The zero-order valence-electron chi connectivity index (χ0n) is 17.4. The van der Waals surface area contributed by atoms with Gasteiger partial charge < -0.3 is 4.90 Å². The molecular formula is C22H25F3N2O3S. The zero-order valence-corrected chi connectivity index (χ0v) is 18.2. The first-order chi connectivity index (χ1) is 14.5. The van der Waals surface area contributed by atoms with Crippen molar-refractivity contribution in [1.82, 2.24) is 9.21 Å². The van der Waals surface area contributed by atoms with E-state index >= 15 is 0 Å². The highest BCUT2D eigenvalue weighted by atomic mass is 32.2. The summed E-state index contributed by atoms with van der Waals surface area (Å²) < 4.78 is 65.3. The van der Waals surface area contributed by atoms with Gasteiger partial charge in [0.15, 0.2) is 0 Å². The maximum absolute atomic E-state index is 12.9. The van der Waals surface area contributed by atoms with Crippen molar-refractivity contribution in [3.05, 3.63) is 65.2 Å². The van der Waals surface area contributed by atoms with Crippen molar-refractivity contribution in [3.63, 3.8) is 0 Å². The van der Waals surface area contributed by atoms with Crippen LogP contribution in [0.3, 0.4) is 0 Å². The van der Waals surface area contributed by atoms with E-state index in [1.807, 2.05) is 6.92 Å². The molecule has 0 aromatic heterocycles. The minimum absolute atomic E-state index is 0.0603. The van der Waals surface area contributed by atoms with Gasteiger partial charge in [0, 0.05) is 31.7 Å². The normalized spacial score (nSPS) is 18.0. The Morgan fingerprint density at radius 3 is 2.23 bits per heavy atom. The summed E-state index contributed by atoms with van der Waals surface area (Å²) in [6.45, 7) is 2.51. The molecule has 2 aromatic carbocycles. The molecule has 5 nitrogen and oxygen atoms in total. The Morgan fingerprint density at radius 2 is 1.68 bits per heavy atom. The third-order valence-corrected chi connectivity index (χ3v) is 7.53. The summed E-state index contributed by atoms with van der Waals surface area (Å²) >= 11 is 0. The molecule has 0 radical (unpaired) electrons. The topological polar surface area (TPSA) is 57.7 Å². The molecule has 1 aliphatic heterocycles. The number of halogens is 3. The number of rotatable bonds is 5. The second-order valence-electron chi connectivity index (χ2n) is 7.84. The molecule has 1 aliphatic rings. The van der Waals surface area contributed by atoms with Gasteiger partial charge >= 0.3 is 6.18 Å². The van der Waals surface area contributed by atoms with Crippen LogP contribution in [0.4, 0.5) is 13.2 Å². The van der Waals surface area contributed by atoms with Crippen LogP contribution in [0, 0.1) is 0 Å². The molecule has 0 saturated carbocycles. The fourth-order valence-electron chi connectivity index (χ4n) is 3.70. The van der Waals surface area contributed by atoms with Gasteiger partial charge in [-0.25, -0.2) is 8.42 Å². The third kappa shape index (κ3) is 5.27. The highest BCUT2D eigenvalue weighted by molar-refractivity contribution is 7.89. The van der Waals surface area contributed by atoms with E-state index in [0.717, 1.165) is 31.4 Å². The minimum atomic E-state index is -4.41. The van der Waals surface area contributed by atoms with Gasteiger partial charge in [-0.1, -0.05) is 18.6 Å². The van der Waals surface area contributed by atoms with Crippen LogP contribution in [0.25, 0.3) is 0 Å². The molecule has 168 valence electrons. The molecule has 1 unspecified atom stereocenters. The summed E-state index contributed by atoms with van der Waals surface area (Å²) in [5.41, 5.74) is 0.118. The molecule has 31 heavy (non-hydrogen) atoms. The standard InChI is InChI=1S/C22H25F3N2O3S/c1-16-5-3-4-14-27(16)31(29,30)20-12-8-18(9-13-20)21(28)26(2)15-17-6-10-19(11-7-17)22(23,24)25/h6-13,16H,3-5,14-15H2,1-2H3. The van der Waals surface area contributed by atoms with Crippen molar-refractivity contribution in [2.75, 3.05) is 13.6 Å². The molecule has 1 amide bonds. The van der Waals surface area contributed by atoms with Crippen LogP contribution in [0.2, 0.25) is 0 Å². The molecule has 1 saturated heterocycles. The summed E-state index contributed by atoms with van der Waals surface area (Å²) in [5, 5.41) is 0. The Bertz CT molecular complexity index is 1020. The average molecular weight is 455 g/mol. The number of sulfonamides is 1. The second-order valence-corrected chi connectivity index (χ2v) is 9.73. The maximum atomic E-state index is 12.9. The van der Waals surface area contributed by atoms with Gasteiger partial charge in [0.25, 0.3) is 5.91 Å². The summed E-state index contributed by atoms with van der Waals surface area (Å²) in [6.07, 6.45) is -1.75. The van der Waals surface area contributed by atoms with Gasteiger partial charge in [-0.05, 0) is 61.7 Å². The fraction of sp³-hybridized carbons (Fsp3) is 0.409. The van der Waals surface area contributed by atoms with E-state index in [4.69, 9.17) is 0 Å². The molecule has 9 heteroatoms. The molecule has 1 heterocycles. The van der Waals surface area contributed by atoms with E-state index in [-0.39, 0.29) is 23.4 Å². The van der Waals surface area contributed by atoms with Gasteiger partial charge in [-0.15, -0.1) is 0 Å². The Morgan fingerprint density at radius 1 is 1.06 bits per heavy atom. The lowest BCUT2D eigenvalue weighted by Gasteiger charge is -2.32. The van der Waals surface area contributed by atoms with Crippen molar-refractivity contribution in [3.8, 4) is 0 Å². The first kappa shape index (κ1) is 23.3. The second kappa shape index (κ2) is 9.00. The number of piperidine rings is 1. The number of carbonyl (C=O) groups excluding carboxylic acids is 1. The number of amides is 1. The Balaban J connectivity index is 1.69. The lowest BCUT2D eigenvalue weighted by Crippen LogP contribution is -2.41. The molecule has 1 atom stereocenters. The Hall–Kier alpha value is -2.39. The van der Waals surface area contributed by atoms with Gasteiger partial charge in [-0.3, -0.25) is 4.79 Å². The van der Waals surface area contributed by atoms with Crippen LogP contribution >= 0.6 is 0 Å². The number of hydrogen-bond acceptors (Lipinski definition) is 3. The lowest BCUT2D eigenvalue weighted by atomic mass is 10.1. The molecule has 0 bridgehead atoms. The molecular weight excluding hydrogens is 429 g/mol. The predicted molar refractivity (Wildman–Crippen MR) is 111 cm³/mol. The molecule has 0 spiro atoms. The van der Waals surface area contributed by atoms with Crippen molar-refractivity contribution >= 4 is 15.9 Å². The van der Waals surface area contributed by atoms with Crippen LogP contribution in [0.15, 0.2) is 53.4 Å². The zero-order chi connectivity index (χ0) is 22.8. The van der Waals surface area contributed by atoms with Crippen LogP contribution < -0.4 is 0 Å². The molecule has 3 rings (SSSR count). The van der Waals surface area contributed by atoms with E-state index in [1.165, 1.54) is 45.6 Å².